The summed E-state index contributed by atoms with van der Waals surface area (Å²) in [7, 11) is 0. The van der Waals surface area contributed by atoms with Crippen LogP contribution in [0.15, 0.2) is 0 Å². The molecule has 2 heteroatoms. The molecule has 0 heterocycles. The van der Waals surface area contributed by atoms with E-state index in [1.54, 1.807) is 0 Å². The smallest absolute Gasteiger partial charge is 0.0474 e. The molecular formula is C5H16S2. The largest absolute Gasteiger partial charge is 0.197 e. The highest BCUT2D eigenvalue weighted by Gasteiger charge is 1.80. The highest BCUT2D eigenvalue weighted by atomic mass is 32.1. The predicted octanol–water partition coefficient (Wildman–Crippen LogP) is 2.28. The molecule has 0 N–H and O–H groups in total. The summed E-state index contributed by atoms with van der Waals surface area (Å²) in [6.45, 7) is 6.64. The number of hydrogen-bond donors (Lipinski definition) is 0. The number of rotatable bonds is 1. The Morgan fingerprint density at radius 3 is 1.29 bits per heavy atom. The van der Waals surface area contributed by atoms with Crippen molar-refractivity contribution in [3.8, 4) is 0 Å². The molecule has 0 aliphatic rings. The minimum atomic E-state index is 0. The van der Waals surface area contributed by atoms with Gasteiger partial charge in [-0.05, 0) is 5.92 Å². The maximum absolute atomic E-state index is 2.22. The Morgan fingerprint density at radius 2 is 1.29 bits per heavy atom. The minimum Gasteiger partial charge on any atom is -0.197 e. The zero-order valence-electron chi connectivity index (χ0n) is 5.28. The molecule has 0 spiro atoms. The molecular weight excluding hydrogens is 124 g/mol. The van der Waals surface area contributed by atoms with E-state index in [-0.39, 0.29) is 27.0 Å². The van der Waals surface area contributed by atoms with E-state index in [0.717, 1.165) is 5.92 Å². The maximum atomic E-state index is 2.22. The third kappa shape index (κ3) is 20.3. The Kier molecular flexibility index (Phi) is 22.0. The first-order valence-corrected chi connectivity index (χ1v) is 2.27. The number of hydrogen-bond acceptors (Lipinski definition) is 0. The van der Waals surface area contributed by atoms with Crippen LogP contribution < -0.4 is 0 Å². The van der Waals surface area contributed by atoms with Crippen molar-refractivity contribution in [2.75, 3.05) is 0 Å². The van der Waals surface area contributed by atoms with Gasteiger partial charge in [0.2, 0.25) is 0 Å². The van der Waals surface area contributed by atoms with Crippen molar-refractivity contribution >= 4 is 27.0 Å². The van der Waals surface area contributed by atoms with Crippen LogP contribution in [0.4, 0.5) is 0 Å². The van der Waals surface area contributed by atoms with E-state index >= 15 is 0 Å². The first-order valence-electron chi connectivity index (χ1n) is 2.27. The van der Waals surface area contributed by atoms with E-state index in [9.17, 15) is 0 Å². The van der Waals surface area contributed by atoms with Gasteiger partial charge in [-0.15, -0.1) is 0 Å². The molecule has 0 unspecified atom stereocenters. The fraction of sp³-hybridized carbons (Fsp3) is 1.00. The topological polar surface area (TPSA) is 0 Å². The third-order valence-corrected chi connectivity index (χ3v) is 0.816. The highest BCUT2D eigenvalue weighted by Crippen LogP contribution is 1.93. The normalized spacial score (nSPS) is 6.86. The molecule has 7 heavy (non-hydrogen) atoms. The molecule has 0 saturated carbocycles. The van der Waals surface area contributed by atoms with E-state index < -0.39 is 0 Å². The van der Waals surface area contributed by atoms with Gasteiger partial charge in [0, 0.05) is 0 Å². The molecule has 0 saturated heterocycles. The molecule has 0 atom stereocenters. The summed E-state index contributed by atoms with van der Waals surface area (Å²) in [5.74, 6) is 0.884. The Bertz CT molecular complexity index is 20.0. The van der Waals surface area contributed by atoms with E-state index in [1.807, 2.05) is 0 Å². The van der Waals surface area contributed by atoms with Crippen LogP contribution >= 0.6 is 27.0 Å². The fourth-order valence-corrected chi connectivity index (χ4v) is 0. The van der Waals surface area contributed by atoms with E-state index in [2.05, 4.69) is 20.8 Å². The summed E-state index contributed by atoms with van der Waals surface area (Å²) < 4.78 is 0. The molecule has 0 aromatic carbocycles. The molecule has 0 aromatic rings. The van der Waals surface area contributed by atoms with Crippen molar-refractivity contribution in [2.45, 2.75) is 27.2 Å². The molecule has 0 aliphatic carbocycles. The molecule has 0 fully saturated rings. The van der Waals surface area contributed by atoms with Crippen molar-refractivity contribution in [1.29, 1.82) is 0 Å². The lowest BCUT2D eigenvalue weighted by atomic mass is 10.2. The Morgan fingerprint density at radius 1 is 1.14 bits per heavy atom. The molecule has 0 bridgehead atoms. The highest BCUT2D eigenvalue weighted by molar-refractivity contribution is 7.59. The SMILES string of the molecule is CCC(C)C.S.S. The lowest BCUT2D eigenvalue weighted by Gasteiger charge is -1.90. The monoisotopic (exact) mass is 140 g/mol. The van der Waals surface area contributed by atoms with Gasteiger partial charge in [0.05, 0.1) is 0 Å². The summed E-state index contributed by atoms with van der Waals surface area (Å²) in [6.07, 6.45) is 1.31. The van der Waals surface area contributed by atoms with Gasteiger partial charge in [-0.3, -0.25) is 0 Å². The fourth-order valence-electron chi connectivity index (χ4n) is 0. The molecule has 0 radical (unpaired) electrons. The maximum Gasteiger partial charge on any atom is -0.0474 e. The van der Waals surface area contributed by atoms with Crippen molar-refractivity contribution < 1.29 is 0 Å². The van der Waals surface area contributed by atoms with Crippen molar-refractivity contribution in [3.05, 3.63) is 0 Å². The van der Waals surface area contributed by atoms with Crippen LogP contribution in [0.25, 0.3) is 0 Å². The summed E-state index contributed by atoms with van der Waals surface area (Å²) in [5.41, 5.74) is 0. The Hall–Kier alpha value is 0.700. The van der Waals surface area contributed by atoms with Gasteiger partial charge in [-0.1, -0.05) is 27.2 Å². The first-order chi connectivity index (χ1) is 2.27. The van der Waals surface area contributed by atoms with Gasteiger partial charge >= 0.3 is 0 Å². The summed E-state index contributed by atoms with van der Waals surface area (Å²) >= 11 is 0. The second-order valence-corrected chi connectivity index (χ2v) is 1.80. The van der Waals surface area contributed by atoms with Crippen LogP contribution in [-0.2, 0) is 0 Å². The van der Waals surface area contributed by atoms with Crippen molar-refractivity contribution in [1.82, 2.24) is 0 Å². The standard InChI is InChI=1S/C5H12.2H2S/c1-4-5(2)3;;/h5H,4H2,1-3H3;2*1H2. The first kappa shape index (κ1) is 15.6. The van der Waals surface area contributed by atoms with Gasteiger partial charge in [0.1, 0.15) is 0 Å². The van der Waals surface area contributed by atoms with E-state index in [4.69, 9.17) is 0 Å². The molecule has 0 nitrogen and oxygen atoms in total. The van der Waals surface area contributed by atoms with Gasteiger partial charge < -0.3 is 0 Å². The molecule has 0 amide bonds. The van der Waals surface area contributed by atoms with Crippen LogP contribution in [-0.4, -0.2) is 0 Å². The average Bonchev–Trinajstić information content (AvgIpc) is 1.38. The van der Waals surface area contributed by atoms with Crippen LogP contribution in [0.2, 0.25) is 0 Å². The zero-order valence-corrected chi connectivity index (χ0v) is 7.28. The molecule has 48 valence electrons. The lowest BCUT2D eigenvalue weighted by molar-refractivity contribution is 0.626. The van der Waals surface area contributed by atoms with Gasteiger partial charge in [-0.2, -0.15) is 27.0 Å². The zero-order chi connectivity index (χ0) is 4.28. The van der Waals surface area contributed by atoms with Crippen LogP contribution in [0, 0.1) is 5.92 Å². The van der Waals surface area contributed by atoms with Gasteiger partial charge in [-0.25, -0.2) is 0 Å². The second kappa shape index (κ2) is 9.85. The third-order valence-electron chi connectivity index (χ3n) is 0.816. The molecule has 0 aromatic heterocycles. The van der Waals surface area contributed by atoms with Crippen molar-refractivity contribution in [3.63, 3.8) is 0 Å². The summed E-state index contributed by atoms with van der Waals surface area (Å²) in [6, 6.07) is 0. The van der Waals surface area contributed by atoms with Crippen LogP contribution in [0.1, 0.15) is 27.2 Å². The quantitative estimate of drug-likeness (QED) is 0.524. The summed E-state index contributed by atoms with van der Waals surface area (Å²) in [4.78, 5) is 0. The Balaban J connectivity index is -0.0000000800. The minimum absolute atomic E-state index is 0. The van der Waals surface area contributed by atoms with Crippen molar-refractivity contribution in [2.24, 2.45) is 5.92 Å². The predicted molar refractivity (Wildman–Crippen MR) is 45.9 cm³/mol. The second-order valence-electron chi connectivity index (χ2n) is 1.80. The Labute approximate surface area is 60.6 Å². The van der Waals surface area contributed by atoms with E-state index in [1.165, 1.54) is 6.42 Å². The van der Waals surface area contributed by atoms with E-state index in [0.29, 0.717) is 0 Å². The van der Waals surface area contributed by atoms with Gasteiger partial charge in [0.15, 0.2) is 0 Å². The molecule has 0 rings (SSSR count). The summed E-state index contributed by atoms with van der Waals surface area (Å²) in [5, 5.41) is 0. The van der Waals surface area contributed by atoms with Gasteiger partial charge in [0.25, 0.3) is 0 Å². The lowest BCUT2D eigenvalue weighted by Crippen LogP contribution is -1.77. The average molecular weight is 140 g/mol. The van der Waals surface area contributed by atoms with Crippen LogP contribution in [0.5, 0.6) is 0 Å². The van der Waals surface area contributed by atoms with Crippen LogP contribution in [0.3, 0.4) is 0 Å². The molecule has 0 aliphatic heterocycles.